The molecule has 2 unspecified atom stereocenters. The van der Waals surface area contributed by atoms with Gasteiger partial charge in [-0.15, -0.1) is 11.3 Å². The van der Waals surface area contributed by atoms with Crippen LogP contribution in [0.25, 0.3) is 75.9 Å². The van der Waals surface area contributed by atoms with E-state index in [0.717, 1.165) is 63.0 Å². The molecular weight excluding hydrogens is 717 g/mol. The zero-order valence-electron chi connectivity index (χ0n) is 30.9. The first kappa shape index (κ1) is 32.5. The van der Waals surface area contributed by atoms with Crippen molar-refractivity contribution < 1.29 is 4.42 Å². The Morgan fingerprint density at radius 2 is 1.32 bits per heavy atom. The Morgan fingerprint density at radius 3 is 2.19 bits per heavy atom. The number of nitrogens with one attached hydrogen (secondary N) is 2. The molecule has 2 N–H and O–H groups in total. The summed E-state index contributed by atoms with van der Waals surface area (Å²) in [5.74, 6) is 0.887. The number of furan rings is 1. The maximum Gasteiger partial charge on any atom is 0.137 e. The van der Waals surface area contributed by atoms with Crippen molar-refractivity contribution in [2.24, 2.45) is 4.99 Å². The largest absolute Gasteiger partial charge is 0.456 e. The highest BCUT2D eigenvalue weighted by molar-refractivity contribution is 7.25. The Morgan fingerprint density at radius 1 is 0.596 bits per heavy atom. The molecule has 10 aromatic rings. The lowest BCUT2D eigenvalue weighted by Gasteiger charge is -2.32. The number of benzene rings is 7. The highest BCUT2D eigenvalue weighted by atomic mass is 32.1. The van der Waals surface area contributed by atoms with Gasteiger partial charge in [0.05, 0.1) is 5.52 Å². The predicted molar refractivity (Wildman–Crippen MR) is 237 cm³/mol. The van der Waals surface area contributed by atoms with E-state index < -0.39 is 0 Å². The van der Waals surface area contributed by atoms with Crippen LogP contribution < -0.4 is 10.6 Å². The van der Waals surface area contributed by atoms with Crippen LogP contribution in [0.5, 0.6) is 0 Å². The third kappa shape index (κ3) is 5.36. The number of para-hydroxylation sites is 1. The first-order valence-electron chi connectivity index (χ1n) is 19.6. The lowest BCUT2D eigenvalue weighted by atomic mass is 10.00. The molecule has 57 heavy (non-hydrogen) atoms. The first-order chi connectivity index (χ1) is 28.2. The number of thiophene rings is 1. The number of hydrogen-bond acceptors (Lipinski definition) is 5. The average molecular weight is 753 g/mol. The third-order valence-electron chi connectivity index (χ3n) is 11.7. The van der Waals surface area contributed by atoms with Gasteiger partial charge in [-0.1, -0.05) is 109 Å². The summed E-state index contributed by atoms with van der Waals surface area (Å²) in [4.78, 5) is 5.22. The zero-order valence-corrected chi connectivity index (χ0v) is 31.8. The first-order valence-corrected chi connectivity index (χ1v) is 20.5. The van der Waals surface area contributed by atoms with Crippen molar-refractivity contribution in [3.8, 4) is 16.8 Å². The number of nitrogens with zero attached hydrogens (tertiary/aromatic N) is 2. The molecule has 1 aliphatic carbocycles. The molecule has 4 heterocycles. The number of aromatic nitrogens is 1. The van der Waals surface area contributed by atoms with Crippen LogP contribution in [0.3, 0.4) is 0 Å². The second kappa shape index (κ2) is 12.9. The van der Waals surface area contributed by atoms with Gasteiger partial charge in [0.1, 0.15) is 29.3 Å². The van der Waals surface area contributed by atoms with E-state index in [2.05, 4.69) is 179 Å². The zero-order chi connectivity index (χ0) is 37.5. The van der Waals surface area contributed by atoms with E-state index in [4.69, 9.17) is 9.41 Å². The summed E-state index contributed by atoms with van der Waals surface area (Å²) in [5, 5.41) is 13.5. The van der Waals surface area contributed by atoms with Crippen molar-refractivity contribution in [1.82, 2.24) is 15.2 Å². The Kier molecular flexibility index (Phi) is 7.37. The topological polar surface area (TPSA) is 54.5 Å². The van der Waals surface area contributed by atoms with Crippen molar-refractivity contribution in [2.75, 3.05) is 0 Å². The number of hydrogen-bond donors (Lipinski definition) is 2. The van der Waals surface area contributed by atoms with E-state index in [-0.39, 0.29) is 12.3 Å². The minimum atomic E-state index is -0.219. The quantitative estimate of drug-likeness (QED) is 0.184. The fourth-order valence-electron chi connectivity index (χ4n) is 8.98. The van der Waals surface area contributed by atoms with E-state index >= 15 is 0 Å². The lowest BCUT2D eigenvalue weighted by molar-refractivity contribution is 0.409. The van der Waals surface area contributed by atoms with Gasteiger partial charge in [0, 0.05) is 64.9 Å². The van der Waals surface area contributed by atoms with Gasteiger partial charge in [0.15, 0.2) is 0 Å². The molecule has 0 spiro atoms. The Labute approximate surface area is 333 Å². The smallest absolute Gasteiger partial charge is 0.137 e. The summed E-state index contributed by atoms with van der Waals surface area (Å²) in [7, 11) is 0. The predicted octanol–water partition coefficient (Wildman–Crippen LogP) is 12.9. The Hall–Kier alpha value is -6.73. The van der Waals surface area contributed by atoms with E-state index in [0.29, 0.717) is 0 Å². The molecule has 0 bridgehead atoms. The van der Waals surface area contributed by atoms with Crippen molar-refractivity contribution in [3.05, 3.63) is 192 Å². The molecule has 0 fully saturated rings. The molecule has 12 rings (SSSR count). The van der Waals surface area contributed by atoms with Gasteiger partial charge < -0.3 is 14.3 Å². The fourth-order valence-corrected chi connectivity index (χ4v) is 10.1. The fraction of sp³-hybridized carbons (Fsp3) is 0.0784. The van der Waals surface area contributed by atoms with Crippen molar-refractivity contribution in [3.63, 3.8) is 0 Å². The van der Waals surface area contributed by atoms with Crippen molar-refractivity contribution >= 4 is 76.3 Å². The molecule has 6 heteroatoms. The number of rotatable bonds is 5. The molecule has 272 valence electrons. The lowest BCUT2D eigenvalue weighted by Crippen LogP contribution is -2.44. The Bertz CT molecular complexity index is 3260. The maximum absolute atomic E-state index is 6.67. The molecule has 1 aliphatic heterocycles. The normalized spacial score (nSPS) is 16.7. The van der Waals surface area contributed by atoms with Crippen LogP contribution in [-0.2, 0) is 6.42 Å². The highest BCUT2D eigenvalue weighted by Gasteiger charge is 2.26. The van der Waals surface area contributed by atoms with E-state index in [9.17, 15) is 0 Å². The van der Waals surface area contributed by atoms with Gasteiger partial charge in [-0.25, -0.2) is 4.99 Å². The molecule has 2 atom stereocenters. The Balaban J connectivity index is 0.917. The standard InChI is InChI=1S/C51H36N4OS/c1-3-11-31(12-4-1)49-52-50(32-13-5-2-6-14-32)54-51(53-49)35-21-26-48-42(28-35)41-27-33(20-25-47(41)57-48)34-19-23-39-40-24-22-36(30-46(40)56-45(39)29-34)55-43-17-9-7-15-37(43)38-16-8-10-18-44(38)55/h1-9,11-17,19-30,49,51,53H,10,18H2,(H,52,54). The van der Waals surface area contributed by atoms with Gasteiger partial charge in [-0.2, -0.15) is 0 Å². The number of aliphatic imine (C=N–C) groups is 1. The summed E-state index contributed by atoms with van der Waals surface area (Å²) in [6.07, 6.45) is 6.36. The molecule has 0 radical (unpaired) electrons. The van der Waals surface area contributed by atoms with Gasteiger partial charge in [0.25, 0.3) is 0 Å². The van der Waals surface area contributed by atoms with Crippen molar-refractivity contribution in [1.29, 1.82) is 0 Å². The molecule has 5 nitrogen and oxygen atoms in total. The van der Waals surface area contributed by atoms with Gasteiger partial charge in [0.2, 0.25) is 0 Å². The number of amidine groups is 1. The molecular formula is C51H36N4OS. The molecule has 0 saturated carbocycles. The second-order valence-electron chi connectivity index (χ2n) is 15.1. The SMILES string of the molecule is C1=Cc2c(n(-c3ccc4c(c3)oc3cc(-c5ccc6sc7ccc(C8N=C(c9ccccc9)NC(c9ccccc9)N8)cc7c6c5)ccc34)c3ccccc23)CC1. The van der Waals surface area contributed by atoms with Crippen molar-refractivity contribution in [2.45, 2.75) is 25.2 Å². The summed E-state index contributed by atoms with van der Waals surface area (Å²) < 4.78 is 11.6. The molecule has 7 aromatic carbocycles. The van der Waals surface area contributed by atoms with Crippen LogP contribution in [0.1, 0.15) is 46.7 Å². The van der Waals surface area contributed by atoms with Crippen LogP contribution >= 0.6 is 11.3 Å². The summed E-state index contributed by atoms with van der Waals surface area (Å²) in [6.45, 7) is 0. The second-order valence-corrected chi connectivity index (χ2v) is 16.2. The average Bonchev–Trinajstić information content (AvgIpc) is 3.95. The van der Waals surface area contributed by atoms with Crippen LogP contribution in [0.2, 0.25) is 0 Å². The molecule has 2 aliphatic rings. The van der Waals surface area contributed by atoms with E-state index in [1.54, 1.807) is 0 Å². The van der Waals surface area contributed by atoms with Gasteiger partial charge >= 0.3 is 0 Å². The maximum atomic E-state index is 6.67. The van der Waals surface area contributed by atoms with Gasteiger partial charge in [-0.05, 0) is 89.7 Å². The summed E-state index contributed by atoms with van der Waals surface area (Å²) >= 11 is 1.84. The van der Waals surface area contributed by atoms with E-state index in [1.807, 2.05) is 17.4 Å². The number of fused-ring (bicyclic) bond motifs is 9. The van der Waals surface area contributed by atoms with Crippen LogP contribution in [0, 0.1) is 0 Å². The van der Waals surface area contributed by atoms with Crippen LogP contribution in [0.15, 0.2) is 173 Å². The highest BCUT2D eigenvalue weighted by Crippen LogP contribution is 2.41. The van der Waals surface area contributed by atoms with Crippen LogP contribution in [-0.4, -0.2) is 10.4 Å². The summed E-state index contributed by atoms with van der Waals surface area (Å²) in [6, 6.07) is 56.7. The molecule has 0 saturated heterocycles. The van der Waals surface area contributed by atoms with Gasteiger partial charge in [-0.3, -0.25) is 5.32 Å². The third-order valence-corrected chi connectivity index (χ3v) is 12.9. The minimum absolute atomic E-state index is 0.0818. The number of allylic oxidation sites excluding steroid dienone is 1. The van der Waals surface area contributed by atoms with E-state index in [1.165, 1.54) is 53.5 Å². The molecule has 3 aromatic heterocycles. The van der Waals surface area contributed by atoms with Crippen LogP contribution in [0.4, 0.5) is 0 Å². The monoisotopic (exact) mass is 752 g/mol. The minimum Gasteiger partial charge on any atom is -0.456 e. The summed E-state index contributed by atoms with van der Waals surface area (Å²) in [5.41, 5.74) is 12.6. The molecule has 0 amide bonds.